The summed E-state index contributed by atoms with van der Waals surface area (Å²) in [5.41, 5.74) is 8.01. The predicted molar refractivity (Wildman–Crippen MR) is 172 cm³/mol. The number of rotatable bonds is 8. The number of anilines is 1. The van der Waals surface area contributed by atoms with Crippen LogP contribution in [0.25, 0.3) is 21.6 Å². The van der Waals surface area contributed by atoms with Gasteiger partial charge in [-0.1, -0.05) is 68.1 Å². The summed E-state index contributed by atoms with van der Waals surface area (Å²) < 4.78 is 6.52. The molecule has 0 atom stereocenters. The smallest absolute Gasteiger partial charge is 0.209 e. The lowest BCUT2D eigenvalue weighted by molar-refractivity contribution is -0.117. The number of carbonyl (C=O) groups excluding carboxylic acids is 1. The molecule has 1 aromatic carbocycles. The quantitative estimate of drug-likeness (QED) is 0.149. The molecule has 3 N–H and O–H groups in total. The lowest BCUT2D eigenvalue weighted by atomic mass is 10.1. The van der Waals surface area contributed by atoms with Gasteiger partial charge in [-0.05, 0) is 33.4 Å². The summed E-state index contributed by atoms with van der Waals surface area (Å²) in [6.45, 7) is 16.5. The van der Waals surface area contributed by atoms with Gasteiger partial charge in [0.1, 0.15) is 0 Å². The van der Waals surface area contributed by atoms with Gasteiger partial charge in [-0.25, -0.2) is 9.97 Å². The molecule has 216 valence electrons. The van der Waals surface area contributed by atoms with Crippen LogP contribution in [0.3, 0.4) is 0 Å². The van der Waals surface area contributed by atoms with Crippen molar-refractivity contribution in [1.82, 2.24) is 14.9 Å². The highest BCUT2D eigenvalue weighted by atomic mass is 32.1. The minimum atomic E-state index is 0.541. The summed E-state index contributed by atoms with van der Waals surface area (Å²) in [6.07, 6.45) is 9.22. The van der Waals surface area contributed by atoms with Crippen LogP contribution >= 0.6 is 11.3 Å². The summed E-state index contributed by atoms with van der Waals surface area (Å²) in [6, 6.07) is 9.70. The fourth-order valence-electron chi connectivity index (χ4n) is 3.50. The van der Waals surface area contributed by atoms with Crippen LogP contribution in [0.1, 0.15) is 37.6 Å². The molecule has 4 rings (SSSR count). The maximum Gasteiger partial charge on any atom is 0.209 e. The Bertz CT molecular complexity index is 1250. The van der Waals surface area contributed by atoms with Crippen LogP contribution in [-0.2, 0) is 16.1 Å². The van der Waals surface area contributed by atoms with Crippen LogP contribution in [-0.4, -0.2) is 67.9 Å². The normalized spacial score (nSPS) is 12.2. The largest absolute Gasteiger partial charge is 0.378 e. The van der Waals surface area contributed by atoms with Gasteiger partial charge in [0.2, 0.25) is 6.41 Å². The van der Waals surface area contributed by atoms with Gasteiger partial charge >= 0.3 is 0 Å². The first-order valence-corrected chi connectivity index (χ1v) is 14.0. The molecule has 1 amide bonds. The second-order valence-electron chi connectivity index (χ2n) is 8.68. The number of allylic oxidation sites excluding steroid dienone is 4. The van der Waals surface area contributed by atoms with Crippen molar-refractivity contribution < 1.29 is 9.53 Å². The van der Waals surface area contributed by atoms with Gasteiger partial charge in [0.05, 0.1) is 30.0 Å². The number of thiophene rings is 1. The Kier molecular flexibility index (Phi) is 16.7. The van der Waals surface area contributed by atoms with Crippen molar-refractivity contribution in [3.05, 3.63) is 77.7 Å². The topological polar surface area (TPSA) is 108 Å². The van der Waals surface area contributed by atoms with E-state index in [0.29, 0.717) is 25.6 Å². The van der Waals surface area contributed by atoms with E-state index in [9.17, 15) is 4.79 Å². The summed E-state index contributed by atoms with van der Waals surface area (Å²) in [5, 5.41) is 7.70. The molecule has 8 nitrogen and oxygen atoms in total. The van der Waals surface area contributed by atoms with Gasteiger partial charge in [0, 0.05) is 42.4 Å². The molecule has 40 heavy (non-hydrogen) atoms. The Morgan fingerprint density at radius 3 is 2.42 bits per heavy atom. The summed E-state index contributed by atoms with van der Waals surface area (Å²) in [5.74, 6) is 1.51. The molecule has 3 aromatic rings. The van der Waals surface area contributed by atoms with Gasteiger partial charge in [-0.3, -0.25) is 4.79 Å². The molecule has 0 saturated carbocycles. The van der Waals surface area contributed by atoms with E-state index in [1.54, 1.807) is 29.4 Å². The first kappa shape index (κ1) is 34.4. The van der Waals surface area contributed by atoms with Crippen molar-refractivity contribution in [3.8, 4) is 11.4 Å². The maximum atomic E-state index is 11.0. The molecule has 1 saturated heterocycles. The van der Waals surface area contributed by atoms with Crippen LogP contribution in [0.15, 0.2) is 67.3 Å². The third kappa shape index (κ3) is 10.8. The van der Waals surface area contributed by atoms with E-state index in [1.165, 1.54) is 13.3 Å². The van der Waals surface area contributed by atoms with E-state index < -0.39 is 0 Å². The first-order valence-electron chi connectivity index (χ1n) is 13.2. The van der Waals surface area contributed by atoms with Crippen molar-refractivity contribution in [3.63, 3.8) is 0 Å². The number of morpholine rings is 1. The lowest BCUT2D eigenvalue weighted by Crippen LogP contribution is -2.36. The average Bonchev–Trinajstić information content (AvgIpc) is 3.41. The van der Waals surface area contributed by atoms with E-state index in [0.717, 1.165) is 63.5 Å². The number of nitrogens with zero attached hydrogens (tertiary/aromatic N) is 4. The number of fused-ring (bicyclic) bond motifs is 1. The molecule has 0 aliphatic carbocycles. The van der Waals surface area contributed by atoms with Gasteiger partial charge in [-0.15, -0.1) is 11.3 Å². The number of hydrogen-bond acceptors (Lipinski definition) is 8. The van der Waals surface area contributed by atoms with E-state index in [1.807, 2.05) is 44.2 Å². The minimum Gasteiger partial charge on any atom is -0.378 e. The maximum absolute atomic E-state index is 11.0. The molecular formula is C31H44N6O2S. The zero-order valence-electron chi connectivity index (χ0n) is 24.5. The van der Waals surface area contributed by atoms with Crippen LogP contribution < -0.4 is 10.6 Å². The fraction of sp³-hybridized carbons (Fsp3) is 0.355. The average molecular weight is 565 g/mol. The molecule has 3 heterocycles. The first-order chi connectivity index (χ1) is 19.4. The van der Waals surface area contributed by atoms with E-state index in [2.05, 4.69) is 42.9 Å². The highest BCUT2D eigenvalue weighted by Crippen LogP contribution is 2.35. The summed E-state index contributed by atoms with van der Waals surface area (Å²) >= 11 is 1.62. The molecule has 2 aromatic heterocycles. The van der Waals surface area contributed by atoms with Crippen LogP contribution in [0.5, 0.6) is 0 Å². The molecule has 1 aliphatic heterocycles. The Morgan fingerprint density at radius 2 is 1.90 bits per heavy atom. The number of ether oxygens (including phenoxy) is 1. The number of aromatic nitrogens is 2. The van der Waals surface area contributed by atoms with Crippen LogP contribution in [0.2, 0.25) is 0 Å². The van der Waals surface area contributed by atoms with Crippen molar-refractivity contribution >= 4 is 40.0 Å². The van der Waals surface area contributed by atoms with Crippen molar-refractivity contribution in [2.75, 3.05) is 45.3 Å². The summed E-state index contributed by atoms with van der Waals surface area (Å²) in [4.78, 5) is 25.6. The molecule has 1 fully saturated rings. The number of nitrogens with two attached hydrogens (primary N) is 1. The molecule has 9 heteroatoms. The fourth-order valence-corrected chi connectivity index (χ4v) is 4.67. The van der Waals surface area contributed by atoms with Gasteiger partial charge < -0.3 is 25.7 Å². The van der Waals surface area contributed by atoms with Crippen molar-refractivity contribution in [2.24, 2.45) is 5.73 Å². The second-order valence-corrected chi connectivity index (χ2v) is 9.81. The predicted octanol–water partition coefficient (Wildman–Crippen LogP) is 6.08. The van der Waals surface area contributed by atoms with E-state index in [-0.39, 0.29) is 0 Å². The Hall–Kier alpha value is -3.66. The van der Waals surface area contributed by atoms with Gasteiger partial charge in [0.15, 0.2) is 11.6 Å². The molecule has 1 aliphatic rings. The van der Waals surface area contributed by atoms with E-state index >= 15 is 0 Å². The molecule has 0 unspecified atom stereocenters. The number of hydrogen-bond donors (Lipinski definition) is 2. The molecule has 0 radical (unpaired) electrons. The third-order valence-corrected chi connectivity index (χ3v) is 6.58. The van der Waals surface area contributed by atoms with Gasteiger partial charge in [-0.2, -0.15) is 0 Å². The molecular weight excluding hydrogens is 520 g/mol. The Morgan fingerprint density at radius 1 is 1.25 bits per heavy atom. The van der Waals surface area contributed by atoms with Crippen molar-refractivity contribution in [2.45, 2.75) is 33.7 Å². The van der Waals surface area contributed by atoms with Crippen LogP contribution in [0, 0.1) is 5.41 Å². The van der Waals surface area contributed by atoms with Gasteiger partial charge in [0.25, 0.3) is 0 Å². The monoisotopic (exact) mass is 564 g/mol. The number of nitrogens with one attached hydrogen (secondary N) is 1. The standard InChI is InChI=1S/C20H21N5O2S.C5H8.C5H10.CH5N/c1-24(13-26)12-15-10-17-18(28-15)20(25-6-8-27-9-7-25)23-19(22-17)16-5-3-2-4-14(16)11-21;1-4-5(2)3;1-3-5-4-2;1-2/h2-5,10-11,13,21H,6-9,12H2,1H3;4H,1-2H2,3H3;3,5H,4H2,1-2H3;2H2,1H3/b;;5-3-;. The number of amides is 1. The SMILES string of the molecule is C/C=C\CC.C=CC(=C)C.CN.CN(C=O)Cc1cc2nc(-c3ccccc3C=N)nc(N3CCOCC3)c2s1. The number of carbonyl (C=O) groups is 1. The highest BCUT2D eigenvalue weighted by Gasteiger charge is 2.21. The van der Waals surface area contributed by atoms with Crippen molar-refractivity contribution in [1.29, 1.82) is 5.41 Å². The van der Waals surface area contributed by atoms with E-state index in [4.69, 9.17) is 20.1 Å². The molecule has 0 bridgehead atoms. The minimum absolute atomic E-state index is 0.541. The molecule has 0 spiro atoms. The second kappa shape index (κ2) is 19.4. The highest BCUT2D eigenvalue weighted by molar-refractivity contribution is 7.19. The lowest BCUT2D eigenvalue weighted by Gasteiger charge is -2.28. The zero-order valence-corrected chi connectivity index (χ0v) is 25.3. The third-order valence-electron chi connectivity index (χ3n) is 5.48. The Balaban J connectivity index is 0.000000568. The summed E-state index contributed by atoms with van der Waals surface area (Å²) in [7, 11) is 3.26. The number of benzene rings is 1. The zero-order chi connectivity index (χ0) is 29.9. The van der Waals surface area contributed by atoms with Crippen LogP contribution in [0.4, 0.5) is 5.82 Å². The Labute approximate surface area is 243 Å².